The second-order valence-electron chi connectivity index (χ2n) is 9.06. The minimum absolute atomic E-state index is 0.359. The van der Waals surface area contributed by atoms with Crippen molar-refractivity contribution in [2.75, 3.05) is 12.4 Å². The molecule has 1 N–H and O–H groups in total. The number of nitriles is 1. The molecule has 8 heteroatoms. The van der Waals surface area contributed by atoms with Crippen LogP contribution in [0.2, 0.25) is 0 Å². The Bertz CT molecular complexity index is 1850. The van der Waals surface area contributed by atoms with E-state index in [-0.39, 0.29) is 11.6 Å². The minimum atomic E-state index is -0.399. The fraction of sp³-hybridized carbons (Fsp3) is 0.138. The summed E-state index contributed by atoms with van der Waals surface area (Å²) in [5.74, 6) is 0.705. The predicted octanol–water partition coefficient (Wildman–Crippen LogP) is 4.09. The van der Waals surface area contributed by atoms with Gasteiger partial charge in [0.1, 0.15) is 5.75 Å². The highest BCUT2D eigenvalue weighted by Crippen LogP contribution is 2.45. The number of fused-ring (bicyclic) bond motifs is 5. The number of hydrogen-bond acceptors (Lipinski definition) is 5. The first-order valence-corrected chi connectivity index (χ1v) is 11.8. The summed E-state index contributed by atoms with van der Waals surface area (Å²) in [5.41, 5.74) is 5.34. The lowest BCUT2D eigenvalue weighted by molar-refractivity contribution is 0.415. The van der Waals surface area contributed by atoms with Crippen molar-refractivity contribution >= 4 is 16.6 Å². The van der Waals surface area contributed by atoms with Gasteiger partial charge >= 0.3 is 5.69 Å². The molecule has 0 radical (unpaired) electrons. The minimum Gasteiger partial charge on any atom is -0.497 e. The first kappa shape index (κ1) is 22.4. The molecule has 6 rings (SSSR count). The van der Waals surface area contributed by atoms with Gasteiger partial charge in [-0.1, -0.05) is 24.3 Å². The normalized spacial score (nSPS) is 13.9. The van der Waals surface area contributed by atoms with E-state index in [0.29, 0.717) is 27.9 Å². The highest BCUT2D eigenvalue weighted by Gasteiger charge is 2.34. The SMILES string of the molecule is COc1ccc(-c2c3c(=O)n(C)c(=O)n(C)c3c3n2-c2ccccc2N[C@@H]3c2ccc(C#N)cc2)cc1. The van der Waals surface area contributed by atoms with Crippen LogP contribution in [0, 0.1) is 11.3 Å². The van der Waals surface area contributed by atoms with Crippen molar-refractivity contribution in [1.82, 2.24) is 13.7 Å². The zero-order valence-electron chi connectivity index (χ0n) is 20.5. The number of aromatic nitrogens is 3. The fourth-order valence-corrected chi connectivity index (χ4v) is 5.24. The summed E-state index contributed by atoms with van der Waals surface area (Å²) in [5, 5.41) is 13.4. The predicted molar refractivity (Wildman–Crippen MR) is 142 cm³/mol. The van der Waals surface area contributed by atoms with Gasteiger partial charge in [0.25, 0.3) is 5.56 Å². The Labute approximate surface area is 212 Å². The van der Waals surface area contributed by atoms with Gasteiger partial charge < -0.3 is 14.6 Å². The molecule has 37 heavy (non-hydrogen) atoms. The van der Waals surface area contributed by atoms with Crippen LogP contribution in [0.1, 0.15) is 22.9 Å². The summed E-state index contributed by atoms with van der Waals surface area (Å²) in [6, 6.07) is 24.6. The maximum Gasteiger partial charge on any atom is 0.331 e. The molecule has 2 aromatic heterocycles. The van der Waals surface area contributed by atoms with E-state index in [4.69, 9.17) is 4.74 Å². The van der Waals surface area contributed by atoms with E-state index >= 15 is 0 Å². The van der Waals surface area contributed by atoms with Crippen molar-refractivity contribution in [2.24, 2.45) is 14.1 Å². The molecule has 8 nitrogen and oxygen atoms in total. The number of nitrogens with one attached hydrogen (secondary N) is 1. The van der Waals surface area contributed by atoms with E-state index in [9.17, 15) is 14.9 Å². The smallest absolute Gasteiger partial charge is 0.331 e. The molecule has 0 aliphatic carbocycles. The summed E-state index contributed by atoms with van der Waals surface area (Å²) >= 11 is 0. The molecule has 3 heterocycles. The summed E-state index contributed by atoms with van der Waals surface area (Å²) in [4.78, 5) is 26.9. The van der Waals surface area contributed by atoms with E-state index in [1.807, 2.05) is 60.7 Å². The molecule has 0 unspecified atom stereocenters. The summed E-state index contributed by atoms with van der Waals surface area (Å²) < 4.78 is 10.1. The van der Waals surface area contributed by atoms with Crippen molar-refractivity contribution in [3.05, 3.63) is 110 Å². The lowest BCUT2D eigenvalue weighted by Gasteiger charge is -2.31. The highest BCUT2D eigenvalue weighted by atomic mass is 16.5. The van der Waals surface area contributed by atoms with Crippen molar-refractivity contribution in [3.63, 3.8) is 0 Å². The molecule has 0 bridgehead atoms. The quantitative estimate of drug-likeness (QED) is 0.412. The van der Waals surface area contributed by atoms with Gasteiger partial charge in [-0.05, 0) is 59.7 Å². The highest BCUT2D eigenvalue weighted by molar-refractivity contribution is 5.99. The molecular weight excluding hydrogens is 466 g/mol. The van der Waals surface area contributed by atoms with Crippen LogP contribution in [0.3, 0.4) is 0 Å². The summed E-state index contributed by atoms with van der Waals surface area (Å²) in [7, 11) is 4.81. The Kier molecular flexibility index (Phi) is 5.02. The van der Waals surface area contributed by atoms with Crippen LogP contribution in [0.15, 0.2) is 82.4 Å². The Hall–Kier alpha value is -5.03. The van der Waals surface area contributed by atoms with Crippen LogP contribution < -0.4 is 21.3 Å². The molecule has 1 atom stereocenters. The number of aryl methyl sites for hydroxylation is 1. The lowest BCUT2D eigenvalue weighted by atomic mass is 9.98. The van der Waals surface area contributed by atoms with Crippen molar-refractivity contribution in [2.45, 2.75) is 6.04 Å². The van der Waals surface area contributed by atoms with Crippen LogP contribution in [0.5, 0.6) is 5.75 Å². The Morgan fingerprint density at radius 2 is 1.62 bits per heavy atom. The van der Waals surface area contributed by atoms with E-state index in [1.54, 1.807) is 30.9 Å². The fourth-order valence-electron chi connectivity index (χ4n) is 5.24. The average Bonchev–Trinajstić information content (AvgIpc) is 3.31. The molecule has 0 spiro atoms. The molecule has 5 aromatic rings. The van der Waals surface area contributed by atoms with Crippen molar-refractivity contribution in [1.29, 1.82) is 5.26 Å². The largest absolute Gasteiger partial charge is 0.497 e. The molecule has 0 saturated carbocycles. The molecule has 0 amide bonds. The number of anilines is 1. The second-order valence-corrected chi connectivity index (χ2v) is 9.06. The van der Waals surface area contributed by atoms with Crippen molar-refractivity contribution < 1.29 is 4.74 Å². The third-order valence-electron chi connectivity index (χ3n) is 7.06. The maximum atomic E-state index is 13.7. The van der Waals surface area contributed by atoms with E-state index < -0.39 is 5.69 Å². The number of nitrogens with zero attached hydrogens (tertiary/aromatic N) is 4. The van der Waals surface area contributed by atoms with Crippen LogP contribution in [-0.2, 0) is 14.1 Å². The second kappa shape index (κ2) is 8.28. The molecule has 1 aliphatic rings. The monoisotopic (exact) mass is 489 g/mol. The topological polar surface area (TPSA) is 94.0 Å². The van der Waals surface area contributed by atoms with Gasteiger partial charge in [0.15, 0.2) is 0 Å². The van der Waals surface area contributed by atoms with Gasteiger partial charge in [-0.2, -0.15) is 5.26 Å². The standard InChI is InChI=1S/C29H23N5O3/c1-32-26-23(28(35)33(2)29(32)36)25(19-12-14-20(37-3)15-13-19)34-22-7-5-4-6-21(22)31-24(27(26)34)18-10-8-17(16-30)9-11-18/h4-15,24,31H,1-3H3/t24-/m1/s1. The van der Waals surface area contributed by atoms with Crippen LogP contribution >= 0.6 is 0 Å². The third-order valence-corrected chi connectivity index (χ3v) is 7.06. The summed E-state index contributed by atoms with van der Waals surface area (Å²) in [6.07, 6.45) is 0. The Morgan fingerprint density at radius 3 is 2.30 bits per heavy atom. The molecule has 182 valence electrons. The average molecular weight is 490 g/mol. The van der Waals surface area contributed by atoms with E-state index in [0.717, 1.165) is 32.8 Å². The number of rotatable bonds is 3. The Balaban J connectivity index is 1.81. The molecule has 3 aromatic carbocycles. The van der Waals surface area contributed by atoms with Gasteiger partial charge in [0.05, 0.1) is 58.4 Å². The number of benzene rings is 3. The van der Waals surface area contributed by atoms with Gasteiger partial charge in [0.2, 0.25) is 0 Å². The molecule has 0 fully saturated rings. The van der Waals surface area contributed by atoms with E-state index in [1.165, 1.54) is 7.05 Å². The molecular formula is C29H23N5O3. The number of hydrogen-bond donors (Lipinski definition) is 1. The number of para-hydroxylation sites is 2. The summed E-state index contributed by atoms with van der Waals surface area (Å²) in [6.45, 7) is 0. The maximum absolute atomic E-state index is 13.7. The van der Waals surface area contributed by atoms with Gasteiger partial charge in [-0.15, -0.1) is 0 Å². The van der Waals surface area contributed by atoms with Crippen molar-refractivity contribution in [3.8, 4) is 28.8 Å². The molecule has 0 saturated heterocycles. The lowest BCUT2D eigenvalue weighted by Crippen LogP contribution is -2.37. The van der Waals surface area contributed by atoms with Gasteiger partial charge in [-0.25, -0.2) is 4.79 Å². The van der Waals surface area contributed by atoms with Crippen LogP contribution in [0.4, 0.5) is 5.69 Å². The van der Waals surface area contributed by atoms with Crippen LogP contribution in [0.25, 0.3) is 27.8 Å². The Morgan fingerprint density at radius 1 is 0.919 bits per heavy atom. The first-order chi connectivity index (χ1) is 17.9. The van der Waals surface area contributed by atoms with Gasteiger partial charge in [0, 0.05) is 14.1 Å². The number of methoxy groups -OCH3 is 1. The van der Waals surface area contributed by atoms with E-state index in [2.05, 4.69) is 16.0 Å². The van der Waals surface area contributed by atoms with Crippen LogP contribution in [-0.4, -0.2) is 20.8 Å². The number of ether oxygens (including phenoxy) is 1. The first-order valence-electron chi connectivity index (χ1n) is 11.8. The third kappa shape index (κ3) is 3.21. The molecule has 1 aliphatic heterocycles. The zero-order chi connectivity index (χ0) is 25.8. The zero-order valence-corrected chi connectivity index (χ0v) is 20.5. The van der Waals surface area contributed by atoms with Gasteiger partial charge in [-0.3, -0.25) is 13.9 Å².